The molecule has 41 heavy (non-hydrogen) atoms. The van der Waals surface area contributed by atoms with E-state index < -0.39 is 28.5 Å². The SMILES string of the molecule is CC[C@@H](C)NC(=O)[C@@H](C)N(Cc1ccc(OC)cc1)C(=O)CN(c1ccc(OCc2ccccc2)cc1)S(C)(=O)=O. The monoisotopic (exact) mass is 581 g/mol. The molecule has 2 atom stereocenters. The van der Waals surface area contributed by atoms with Gasteiger partial charge >= 0.3 is 0 Å². The van der Waals surface area contributed by atoms with Crippen LogP contribution in [0.2, 0.25) is 0 Å². The summed E-state index contributed by atoms with van der Waals surface area (Å²) in [6.07, 6.45) is 1.78. The van der Waals surface area contributed by atoms with Crippen LogP contribution in [0.15, 0.2) is 78.9 Å². The highest BCUT2D eigenvalue weighted by Gasteiger charge is 2.30. The quantitative estimate of drug-likeness (QED) is 0.303. The van der Waals surface area contributed by atoms with Gasteiger partial charge < -0.3 is 19.7 Å². The Bertz CT molecular complexity index is 1380. The maximum absolute atomic E-state index is 13.7. The summed E-state index contributed by atoms with van der Waals surface area (Å²) in [6.45, 7) is 5.49. The summed E-state index contributed by atoms with van der Waals surface area (Å²) in [4.78, 5) is 28.1. The van der Waals surface area contributed by atoms with Gasteiger partial charge in [0.2, 0.25) is 21.8 Å². The smallest absolute Gasteiger partial charge is 0.244 e. The highest BCUT2D eigenvalue weighted by atomic mass is 32.2. The van der Waals surface area contributed by atoms with E-state index in [1.807, 2.05) is 44.2 Å². The lowest BCUT2D eigenvalue weighted by molar-refractivity contribution is -0.139. The van der Waals surface area contributed by atoms with Crippen molar-refractivity contribution in [3.05, 3.63) is 90.0 Å². The normalized spacial score (nSPS) is 12.6. The molecule has 0 aliphatic carbocycles. The maximum atomic E-state index is 13.7. The van der Waals surface area contributed by atoms with E-state index in [0.29, 0.717) is 23.8 Å². The van der Waals surface area contributed by atoms with Crippen LogP contribution in [0.25, 0.3) is 0 Å². The van der Waals surface area contributed by atoms with Crippen molar-refractivity contribution in [3.8, 4) is 11.5 Å². The molecule has 0 unspecified atom stereocenters. The number of methoxy groups -OCH3 is 1. The predicted molar refractivity (Wildman–Crippen MR) is 160 cm³/mol. The fraction of sp³-hybridized carbons (Fsp3) is 0.355. The number of rotatable bonds is 14. The largest absolute Gasteiger partial charge is 0.497 e. The molecule has 0 saturated heterocycles. The van der Waals surface area contributed by atoms with Crippen molar-refractivity contribution in [1.29, 1.82) is 0 Å². The summed E-state index contributed by atoms with van der Waals surface area (Å²) in [7, 11) is -2.27. The van der Waals surface area contributed by atoms with Gasteiger partial charge in [0.1, 0.15) is 30.7 Å². The number of ether oxygens (including phenoxy) is 2. The molecular formula is C31H39N3O6S. The molecule has 3 aromatic carbocycles. The molecule has 0 bridgehead atoms. The van der Waals surface area contributed by atoms with Gasteiger partial charge in [-0.15, -0.1) is 0 Å². The van der Waals surface area contributed by atoms with Crippen LogP contribution in [0.1, 0.15) is 38.3 Å². The number of nitrogens with zero attached hydrogens (tertiary/aromatic N) is 2. The van der Waals surface area contributed by atoms with E-state index in [1.165, 1.54) is 4.90 Å². The fourth-order valence-electron chi connectivity index (χ4n) is 4.04. The topological polar surface area (TPSA) is 105 Å². The number of nitrogens with one attached hydrogen (secondary N) is 1. The lowest BCUT2D eigenvalue weighted by Crippen LogP contribution is -2.52. The van der Waals surface area contributed by atoms with Crippen LogP contribution in [0, 0.1) is 0 Å². The first kappa shape index (κ1) is 31.5. The van der Waals surface area contributed by atoms with Crippen molar-refractivity contribution in [3.63, 3.8) is 0 Å². The van der Waals surface area contributed by atoms with Gasteiger partial charge in [0, 0.05) is 12.6 Å². The third kappa shape index (κ3) is 9.24. The number of hydrogen-bond donors (Lipinski definition) is 1. The zero-order valence-corrected chi connectivity index (χ0v) is 25.1. The Morgan fingerprint density at radius 2 is 1.49 bits per heavy atom. The van der Waals surface area contributed by atoms with Gasteiger partial charge in [0.05, 0.1) is 19.1 Å². The zero-order chi connectivity index (χ0) is 30.0. The molecule has 0 fully saturated rings. The molecule has 0 radical (unpaired) electrons. The molecule has 1 N–H and O–H groups in total. The lowest BCUT2D eigenvalue weighted by Gasteiger charge is -2.32. The molecule has 0 heterocycles. The van der Waals surface area contributed by atoms with Gasteiger partial charge in [0.25, 0.3) is 0 Å². The minimum absolute atomic E-state index is 0.0713. The molecule has 3 rings (SSSR count). The van der Waals surface area contributed by atoms with Gasteiger partial charge in [0.15, 0.2) is 0 Å². The zero-order valence-electron chi connectivity index (χ0n) is 24.2. The molecule has 10 heteroatoms. The third-order valence-corrected chi connectivity index (χ3v) is 7.87. The second-order valence-corrected chi connectivity index (χ2v) is 11.8. The van der Waals surface area contributed by atoms with Crippen molar-refractivity contribution in [2.75, 3.05) is 24.2 Å². The second kappa shape index (κ2) is 14.5. The van der Waals surface area contributed by atoms with Crippen molar-refractivity contribution >= 4 is 27.5 Å². The Labute approximate surface area is 243 Å². The Hall–Kier alpha value is -4.05. The highest BCUT2D eigenvalue weighted by molar-refractivity contribution is 7.92. The fourth-order valence-corrected chi connectivity index (χ4v) is 4.89. The van der Waals surface area contributed by atoms with Gasteiger partial charge in [-0.25, -0.2) is 8.42 Å². The van der Waals surface area contributed by atoms with Crippen LogP contribution >= 0.6 is 0 Å². The number of anilines is 1. The van der Waals surface area contributed by atoms with E-state index in [-0.39, 0.29) is 18.5 Å². The van der Waals surface area contributed by atoms with Crippen LogP contribution in [0.5, 0.6) is 11.5 Å². The Balaban J connectivity index is 1.82. The van der Waals surface area contributed by atoms with Crippen molar-refractivity contribution in [2.24, 2.45) is 0 Å². The first-order chi connectivity index (χ1) is 19.5. The second-order valence-electron chi connectivity index (χ2n) is 9.90. The van der Waals surface area contributed by atoms with Gasteiger partial charge in [-0.2, -0.15) is 0 Å². The number of benzene rings is 3. The number of hydrogen-bond acceptors (Lipinski definition) is 6. The molecule has 0 aliphatic rings. The van der Waals surface area contributed by atoms with Crippen LogP contribution < -0.4 is 19.1 Å². The van der Waals surface area contributed by atoms with Crippen LogP contribution in [0.4, 0.5) is 5.69 Å². The van der Waals surface area contributed by atoms with Crippen molar-refractivity contribution < 1.29 is 27.5 Å². The minimum atomic E-state index is -3.84. The van der Waals surface area contributed by atoms with E-state index in [4.69, 9.17) is 9.47 Å². The molecule has 0 saturated carbocycles. The maximum Gasteiger partial charge on any atom is 0.244 e. The standard InChI is InChI=1S/C31H39N3O6S/c1-6-23(2)32-31(36)24(3)33(20-25-12-16-28(39-4)17-13-25)30(35)21-34(41(5,37)38)27-14-18-29(19-15-27)40-22-26-10-8-7-9-11-26/h7-19,23-24H,6,20-22H2,1-5H3,(H,32,36)/t23-,24-/m1/s1. The molecular weight excluding hydrogens is 542 g/mol. The molecule has 2 amide bonds. The first-order valence-corrected chi connectivity index (χ1v) is 15.3. The van der Waals surface area contributed by atoms with Gasteiger partial charge in [-0.05, 0) is 67.8 Å². The molecule has 9 nitrogen and oxygen atoms in total. The number of amides is 2. The Morgan fingerprint density at radius 3 is 2.05 bits per heavy atom. The first-order valence-electron chi connectivity index (χ1n) is 13.5. The van der Waals surface area contributed by atoms with E-state index in [0.717, 1.165) is 28.1 Å². The average Bonchev–Trinajstić information content (AvgIpc) is 2.97. The summed E-state index contributed by atoms with van der Waals surface area (Å²) >= 11 is 0. The molecule has 0 aromatic heterocycles. The molecule has 0 spiro atoms. The third-order valence-electron chi connectivity index (χ3n) is 6.73. The van der Waals surface area contributed by atoms with Crippen LogP contribution in [-0.2, 0) is 32.8 Å². The Kier molecular flexibility index (Phi) is 11.2. The summed E-state index contributed by atoms with van der Waals surface area (Å²) in [6, 6.07) is 22.5. The van der Waals surface area contributed by atoms with Crippen molar-refractivity contribution in [2.45, 2.75) is 52.4 Å². The number of sulfonamides is 1. The lowest BCUT2D eigenvalue weighted by atomic mass is 10.1. The van der Waals surface area contributed by atoms with E-state index in [9.17, 15) is 18.0 Å². The van der Waals surface area contributed by atoms with Crippen molar-refractivity contribution in [1.82, 2.24) is 10.2 Å². The minimum Gasteiger partial charge on any atom is -0.497 e. The Morgan fingerprint density at radius 1 is 0.878 bits per heavy atom. The van der Waals surface area contributed by atoms with Crippen LogP contribution in [-0.4, -0.2) is 57.1 Å². The molecule has 220 valence electrons. The van der Waals surface area contributed by atoms with Gasteiger partial charge in [-0.1, -0.05) is 49.4 Å². The number of carbonyl (C=O) groups excluding carboxylic acids is 2. The number of carbonyl (C=O) groups is 2. The van der Waals surface area contributed by atoms with Crippen LogP contribution in [0.3, 0.4) is 0 Å². The van der Waals surface area contributed by atoms with E-state index >= 15 is 0 Å². The summed E-state index contributed by atoms with van der Waals surface area (Å²) in [5.74, 6) is 0.400. The summed E-state index contributed by atoms with van der Waals surface area (Å²) in [5.41, 5.74) is 2.09. The molecule has 0 aliphatic heterocycles. The average molecular weight is 582 g/mol. The summed E-state index contributed by atoms with van der Waals surface area (Å²) < 4.78 is 37.7. The highest BCUT2D eigenvalue weighted by Crippen LogP contribution is 2.23. The van der Waals surface area contributed by atoms with E-state index in [2.05, 4.69) is 5.32 Å². The molecule has 3 aromatic rings. The van der Waals surface area contributed by atoms with E-state index in [1.54, 1.807) is 62.6 Å². The predicted octanol–water partition coefficient (Wildman–Crippen LogP) is 4.37. The van der Waals surface area contributed by atoms with Gasteiger partial charge in [-0.3, -0.25) is 13.9 Å². The summed E-state index contributed by atoms with van der Waals surface area (Å²) in [5, 5.41) is 2.92.